The molecule has 10 nitrogen and oxygen atoms in total. The van der Waals surface area contributed by atoms with Gasteiger partial charge in [-0.15, -0.1) is 0 Å². The molecular formula is C33H38N8O2. The van der Waals surface area contributed by atoms with Crippen molar-refractivity contribution in [2.75, 3.05) is 23.3 Å². The Labute approximate surface area is 251 Å². The number of piperidine rings is 1. The maximum absolute atomic E-state index is 11.7. The van der Waals surface area contributed by atoms with E-state index in [1.165, 1.54) is 12.8 Å². The summed E-state index contributed by atoms with van der Waals surface area (Å²) in [4.78, 5) is 28.0. The molecule has 0 bridgehead atoms. The van der Waals surface area contributed by atoms with Crippen LogP contribution in [0.5, 0.6) is 0 Å². The standard InChI is InChI=1S/C33H38N8O2/c34-31(42)24-6-3-5-22(17-24)23-14-15-35-29(18-23)38-28-9-2-1-8-27(28)37-26-7-4-16-41(20-26)30-13-12-25(19-36-30)32-39-33(43-40-32)21-10-11-21/h3,5-6,12-15,17-19,21,26-28,37H,1-2,4,7-11,16,20H2,(H2,34,42)(H,35,38)/t26-,27+,28+/m0/s1. The summed E-state index contributed by atoms with van der Waals surface area (Å²) < 4.78 is 5.43. The van der Waals surface area contributed by atoms with Crippen molar-refractivity contribution in [3.63, 3.8) is 0 Å². The molecular weight excluding hydrogens is 540 g/mol. The molecule has 4 N–H and O–H groups in total. The molecule has 2 aliphatic carbocycles. The highest BCUT2D eigenvalue weighted by Crippen LogP contribution is 2.39. The summed E-state index contributed by atoms with van der Waals surface area (Å²) in [5.41, 5.74) is 8.85. The maximum atomic E-state index is 11.7. The first-order chi connectivity index (χ1) is 21.1. The van der Waals surface area contributed by atoms with E-state index in [1.54, 1.807) is 6.07 Å². The Kier molecular flexibility index (Phi) is 7.76. The van der Waals surface area contributed by atoms with Crippen LogP contribution in [0.3, 0.4) is 0 Å². The Balaban J connectivity index is 0.991. The van der Waals surface area contributed by atoms with Gasteiger partial charge in [0.05, 0.1) is 0 Å². The van der Waals surface area contributed by atoms with Gasteiger partial charge >= 0.3 is 0 Å². The van der Waals surface area contributed by atoms with Gasteiger partial charge < -0.3 is 25.8 Å². The van der Waals surface area contributed by atoms with Crippen molar-refractivity contribution < 1.29 is 9.32 Å². The molecule has 4 aromatic rings. The number of pyridine rings is 2. The zero-order valence-electron chi connectivity index (χ0n) is 24.3. The molecule has 10 heteroatoms. The van der Waals surface area contributed by atoms with Crippen molar-refractivity contribution >= 4 is 17.5 Å². The third-order valence-corrected chi connectivity index (χ3v) is 8.91. The maximum Gasteiger partial charge on any atom is 0.248 e. The number of nitrogens with two attached hydrogens (primary N) is 1. The van der Waals surface area contributed by atoms with Crippen LogP contribution >= 0.6 is 0 Å². The van der Waals surface area contributed by atoms with Crippen LogP contribution in [0.2, 0.25) is 0 Å². The molecule has 4 heterocycles. The molecule has 2 saturated carbocycles. The molecule has 0 spiro atoms. The molecule has 1 amide bonds. The average molecular weight is 579 g/mol. The second-order valence-corrected chi connectivity index (χ2v) is 12.1. The first-order valence-electron chi connectivity index (χ1n) is 15.5. The highest BCUT2D eigenvalue weighted by molar-refractivity contribution is 5.94. The van der Waals surface area contributed by atoms with Gasteiger partial charge in [0.15, 0.2) is 0 Å². The number of carbonyl (C=O) groups excluding carboxylic acids is 1. The van der Waals surface area contributed by atoms with Crippen LogP contribution in [0.25, 0.3) is 22.5 Å². The van der Waals surface area contributed by atoms with Gasteiger partial charge in [-0.2, -0.15) is 4.98 Å². The van der Waals surface area contributed by atoms with Crippen LogP contribution in [-0.2, 0) is 0 Å². The second kappa shape index (κ2) is 12.1. The summed E-state index contributed by atoms with van der Waals surface area (Å²) in [6.45, 7) is 1.92. The van der Waals surface area contributed by atoms with Crippen LogP contribution in [0.15, 0.2) is 65.4 Å². The number of carbonyl (C=O) groups is 1. The minimum atomic E-state index is -0.425. The highest BCUT2D eigenvalue weighted by Gasteiger charge is 2.31. The van der Waals surface area contributed by atoms with Crippen molar-refractivity contribution in [1.82, 2.24) is 25.4 Å². The molecule has 3 aromatic heterocycles. The minimum Gasteiger partial charge on any atom is -0.366 e. The van der Waals surface area contributed by atoms with Crippen molar-refractivity contribution in [2.45, 2.75) is 75.4 Å². The normalized spacial score (nSPS) is 22.3. The molecule has 43 heavy (non-hydrogen) atoms. The smallest absolute Gasteiger partial charge is 0.248 e. The highest BCUT2D eigenvalue weighted by atomic mass is 16.5. The van der Waals surface area contributed by atoms with E-state index in [1.807, 2.05) is 42.7 Å². The van der Waals surface area contributed by atoms with Crippen LogP contribution < -0.4 is 21.3 Å². The number of rotatable bonds is 9. The Hall–Kier alpha value is -4.31. The van der Waals surface area contributed by atoms with Crippen LogP contribution in [0, 0.1) is 0 Å². The van der Waals surface area contributed by atoms with Gasteiger partial charge in [-0.1, -0.05) is 30.1 Å². The Morgan fingerprint density at radius 2 is 1.77 bits per heavy atom. The number of nitrogens with zero attached hydrogens (tertiary/aromatic N) is 5. The topological polar surface area (TPSA) is 135 Å². The lowest BCUT2D eigenvalue weighted by Crippen LogP contribution is -2.55. The molecule has 7 rings (SSSR count). The van der Waals surface area contributed by atoms with Crippen LogP contribution in [0.1, 0.15) is 73.5 Å². The van der Waals surface area contributed by atoms with Crippen LogP contribution in [0.4, 0.5) is 11.6 Å². The summed E-state index contributed by atoms with van der Waals surface area (Å²) in [5, 5.41) is 11.9. The zero-order chi connectivity index (χ0) is 29.2. The van der Waals surface area contributed by atoms with Gasteiger partial charge in [-0.25, -0.2) is 9.97 Å². The molecule has 1 aromatic carbocycles. The van der Waals surface area contributed by atoms with Crippen molar-refractivity contribution in [3.05, 3.63) is 72.4 Å². The third-order valence-electron chi connectivity index (χ3n) is 8.91. The number of anilines is 2. The molecule has 0 unspecified atom stereocenters. The third kappa shape index (κ3) is 6.39. The van der Waals surface area contributed by atoms with E-state index in [4.69, 9.17) is 15.2 Å². The lowest BCUT2D eigenvalue weighted by molar-refractivity contribution is 0.100. The quantitative estimate of drug-likeness (QED) is 0.246. The van der Waals surface area contributed by atoms with E-state index in [9.17, 15) is 4.79 Å². The van der Waals surface area contributed by atoms with E-state index < -0.39 is 5.91 Å². The first-order valence-corrected chi connectivity index (χ1v) is 15.5. The number of primary amides is 1. The monoisotopic (exact) mass is 578 g/mol. The lowest BCUT2D eigenvalue weighted by atomic mass is 9.89. The molecule has 3 fully saturated rings. The van der Waals surface area contributed by atoms with Gasteiger partial charge in [-0.05, 0) is 86.1 Å². The number of hydrogen-bond acceptors (Lipinski definition) is 9. The summed E-state index contributed by atoms with van der Waals surface area (Å²) in [6.07, 6.45) is 12.9. The number of aromatic nitrogens is 4. The molecule has 1 saturated heterocycles. The second-order valence-electron chi connectivity index (χ2n) is 12.1. The Morgan fingerprint density at radius 1 is 0.907 bits per heavy atom. The van der Waals surface area contributed by atoms with Gasteiger partial charge in [0.25, 0.3) is 0 Å². The van der Waals surface area contributed by atoms with E-state index in [0.717, 1.165) is 85.8 Å². The number of hydrogen-bond donors (Lipinski definition) is 3. The van der Waals surface area contributed by atoms with Crippen molar-refractivity contribution in [2.24, 2.45) is 5.73 Å². The molecule has 3 atom stereocenters. The molecule has 3 aliphatic rings. The van der Waals surface area contributed by atoms with Crippen LogP contribution in [-0.4, -0.2) is 57.2 Å². The van der Waals surface area contributed by atoms with E-state index in [-0.39, 0.29) is 6.04 Å². The fraction of sp³-hybridized carbons (Fsp3) is 0.424. The molecule has 222 valence electrons. The van der Waals surface area contributed by atoms with Gasteiger partial charge in [0.1, 0.15) is 11.6 Å². The zero-order valence-corrected chi connectivity index (χ0v) is 24.3. The van der Waals surface area contributed by atoms with E-state index in [2.05, 4.69) is 42.8 Å². The minimum absolute atomic E-state index is 0.289. The average Bonchev–Trinajstić information content (AvgIpc) is 3.78. The molecule has 1 aliphatic heterocycles. The number of nitrogens with one attached hydrogen (secondary N) is 2. The summed E-state index contributed by atoms with van der Waals surface area (Å²) in [7, 11) is 0. The summed E-state index contributed by atoms with van der Waals surface area (Å²) in [5.74, 6) is 3.22. The van der Waals surface area contributed by atoms with Gasteiger partial charge in [0.2, 0.25) is 17.6 Å². The first kappa shape index (κ1) is 27.5. The summed E-state index contributed by atoms with van der Waals surface area (Å²) in [6, 6.07) is 16.6. The predicted octanol–water partition coefficient (Wildman–Crippen LogP) is 5.15. The largest absolute Gasteiger partial charge is 0.366 e. The van der Waals surface area contributed by atoms with Gasteiger partial charge in [-0.3, -0.25) is 4.79 Å². The fourth-order valence-electron chi connectivity index (χ4n) is 6.41. The number of benzene rings is 1. The Bertz CT molecular complexity index is 1570. The SMILES string of the molecule is NC(=O)c1cccc(-c2ccnc(N[C@@H]3CCCC[C@H]3N[C@H]3CCCN(c4ccc(-c5noc(C6CC6)n5)cn4)C3)c2)c1. The van der Waals surface area contributed by atoms with E-state index in [0.29, 0.717) is 29.4 Å². The fourth-order valence-corrected chi connectivity index (χ4v) is 6.41. The van der Waals surface area contributed by atoms with Crippen molar-refractivity contribution in [3.8, 4) is 22.5 Å². The Morgan fingerprint density at radius 3 is 2.58 bits per heavy atom. The predicted molar refractivity (Wildman–Crippen MR) is 166 cm³/mol. The van der Waals surface area contributed by atoms with E-state index >= 15 is 0 Å². The van der Waals surface area contributed by atoms with Gasteiger partial charge in [0, 0.05) is 60.7 Å². The number of amides is 1. The summed E-state index contributed by atoms with van der Waals surface area (Å²) >= 11 is 0. The lowest BCUT2D eigenvalue weighted by Gasteiger charge is -2.40. The molecule has 0 radical (unpaired) electrons. The van der Waals surface area contributed by atoms with Crippen molar-refractivity contribution in [1.29, 1.82) is 0 Å².